The summed E-state index contributed by atoms with van der Waals surface area (Å²) in [7, 11) is -2.50. The van der Waals surface area contributed by atoms with Gasteiger partial charge in [-0.05, 0) is 24.3 Å². The van der Waals surface area contributed by atoms with Gasteiger partial charge in [-0.25, -0.2) is 0 Å². The van der Waals surface area contributed by atoms with Gasteiger partial charge in [-0.2, -0.15) is 0 Å². The Morgan fingerprint density at radius 3 is 2.06 bits per heavy atom. The highest BCUT2D eigenvalue weighted by Crippen LogP contribution is 2.12. The standard InChI is InChI=1S/C6H4ClO2P.C6H7N/c7-5-2-1-3-6(4-5)10(8)9;7-6-4-2-1-3-5-6/h1-4H;1-5H,7H2/p+1. The monoisotopic (exact) mass is 268 g/mol. The summed E-state index contributed by atoms with van der Waals surface area (Å²) in [6.45, 7) is 0. The molecule has 0 heterocycles. The summed E-state index contributed by atoms with van der Waals surface area (Å²) in [5.41, 5.74) is 4.79. The Morgan fingerprint density at radius 1 is 1.06 bits per heavy atom. The minimum absolute atomic E-state index is 0.252. The molecule has 0 aliphatic rings. The predicted molar refractivity (Wildman–Crippen MR) is 67.7 cm³/mol. The fourth-order valence-corrected chi connectivity index (χ4v) is 1.79. The average Bonchev–Trinajstić information content (AvgIpc) is 2.31. The van der Waals surface area contributed by atoms with E-state index in [9.17, 15) is 9.46 Å². The molecule has 0 aliphatic carbocycles. The summed E-state index contributed by atoms with van der Waals surface area (Å²) in [4.78, 5) is 10.3. The van der Waals surface area contributed by atoms with Crippen molar-refractivity contribution >= 4 is 30.6 Å². The number of hydrogen-bond donors (Lipinski definition) is 1. The van der Waals surface area contributed by atoms with Crippen LogP contribution in [-0.2, 0) is 4.57 Å². The molecule has 0 saturated heterocycles. The summed E-state index contributed by atoms with van der Waals surface area (Å²) in [5, 5.41) is 0.694. The van der Waals surface area contributed by atoms with Gasteiger partial charge in [0.05, 0.1) is 0 Å². The van der Waals surface area contributed by atoms with Gasteiger partial charge in [-0.1, -0.05) is 40.4 Å². The second-order valence-electron chi connectivity index (χ2n) is 3.22. The van der Waals surface area contributed by atoms with Gasteiger partial charge in [0.25, 0.3) is 0 Å². The second-order valence-corrected chi connectivity index (χ2v) is 4.69. The third-order valence-electron chi connectivity index (χ3n) is 1.86. The number of halogens is 1. The normalized spacial score (nSPS) is 10.2. The summed E-state index contributed by atoms with van der Waals surface area (Å²) in [6.07, 6.45) is 0. The lowest BCUT2D eigenvalue weighted by molar-refractivity contribution is -0.254. The van der Waals surface area contributed by atoms with Gasteiger partial charge in [-0.3, -0.25) is 0 Å². The maximum atomic E-state index is 10.3. The number of rotatable bonds is 1. The fourth-order valence-electron chi connectivity index (χ4n) is 1.07. The summed E-state index contributed by atoms with van der Waals surface area (Å²) in [6, 6.07) is 16.0. The molecule has 0 spiro atoms. The molecule has 88 valence electrons. The Bertz CT molecular complexity index is 491. The van der Waals surface area contributed by atoms with Crippen LogP contribution in [0.5, 0.6) is 0 Å². The molecule has 0 bridgehead atoms. The van der Waals surface area contributed by atoms with Crippen LogP contribution in [0.4, 0.5) is 5.69 Å². The van der Waals surface area contributed by atoms with Crippen molar-refractivity contribution in [3.63, 3.8) is 0 Å². The zero-order valence-electron chi connectivity index (χ0n) is 9.04. The van der Waals surface area contributed by atoms with E-state index in [1.165, 1.54) is 12.1 Å². The van der Waals surface area contributed by atoms with Gasteiger partial charge in [0, 0.05) is 11.1 Å². The lowest BCUT2D eigenvalue weighted by Crippen LogP contribution is -2.39. The molecule has 0 aliphatic heterocycles. The molecule has 1 unspecified atom stereocenters. The van der Waals surface area contributed by atoms with Gasteiger partial charge in [0.1, 0.15) is 5.69 Å². The average molecular weight is 269 g/mol. The number of hydrogen-bond acceptors (Lipinski definition) is 2. The van der Waals surface area contributed by atoms with Crippen molar-refractivity contribution in [3.05, 3.63) is 59.6 Å². The summed E-state index contributed by atoms with van der Waals surface area (Å²) < 4.78 is 10.3. The Morgan fingerprint density at radius 2 is 1.71 bits per heavy atom. The van der Waals surface area contributed by atoms with Crippen LogP contribution in [-0.4, -0.2) is 0 Å². The topological polar surface area (TPSA) is 67.8 Å². The fraction of sp³-hybridized carbons (Fsp3) is 0. The van der Waals surface area contributed by atoms with E-state index in [1.807, 2.05) is 30.3 Å². The molecule has 0 saturated carbocycles. The van der Waals surface area contributed by atoms with Gasteiger partial charge >= 0.3 is 8.03 Å². The zero-order chi connectivity index (χ0) is 12.7. The van der Waals surface area contributed by atoms with E-state index in [4.69, 9.17) is 11.6 Å². The Labute approximate surface area is 106 Å². The molecule has 5 heteroatoms. The van der Waals surface area contributed by atoms with Crippen LogP contribution >= 0.6 is 19.6 Å². The molecule has 2 aromatic rings. The van der Waals surface area contributed by atoms with E-state index in [-0.39, 0.29) is 5.30 Å². The maximum absolute atomic E-state index is 10.3. The van der Waals surface area contributed by atoms with Crippen molar-refractivity contribution in [1.82, 2.24) is 0 Å². The SMILES string of the molecule is O=[P+]([O-])c1cccc(Cl)c1.[NH3+]c1ccccc1. The molecular weight excluding hydrogens is 257 g/mol. The molecule has 17 heavy (non-hydrogen) atoms. The number of quaternary nitrogens is 1. The first-order chi connectivity index (χ1) is 8.09. The van der Waals surface area contributed by atoms with Crippen molar-refractivity contribution in [2.24, 2.45) is 0 Å². The summed E-state index contributed by atoms with van der Waals surface area (Å²) >= 11 is 5.52. The molecule has 3 N–H and O–H groups in total. The van der Waals surface area contributed by atoms with Crippen LogP contribution in [0, 0.1) is 0 Å². The van der Waals surface area contributed by atoms with Gasteiger partial charge in [0.15, 0.2) is 5.30 Å². The van der Waals surface area contributed by atoms with E-state index >= 15 is 0 Å². The lowest BCUT2D eigenvalue weighted by atomic mass is 10.3. The molecule has 0 radical (unpaired) electrons. The second kappa shape index (κ2) is 7.15. The van der Waals surface area contributed by atoms with E-state index in [0.29, 0.717) is 5.02 Å². The van der Waals surface area contributed by atoms with Crippen LogP contribution in [0.25, 0.3) is 0 Å². The molecule has 0 aromatic heterocycles. The van der Waals surface area contributed by atoms with E-state index in [2.05, 4.69) is 5.73 Å². The summed E-state index contributed by atoms with van der Waals surface area (Å²) in [5.74, 6) is 0. The lowest BCUT2D eigenvalue weighted by Gasteiger charge is -1.88. The van der Waals surface area contributed by atoms with Crippen molar-refractivity contribution in [1.29, 1.82) is 0 Å². The van der Waals surface area contributed by atoms with Crippen molar-refractivity contribution in [3.8, 4) is 0 Å². The highest BCUT2D eigenvalue weighted by atomic mass is 35.5. The molecule has 3 nitrogen and oxygen atoms in total. The smallest absolute Gasteiger partial charge is 0.348 e. The first kappa shape index (κ1) is 13.8. The first-order valence-corrected chi connectivity index (χ1v) is 6.42. The maximum Gasteiger partial charge on any atom is 0.348 e. The van der Waals surface area contributed by atoms with Crippen LogP contribution < -0.4 is 15.9 Å². The Balaban J connectivity index is 0.000000181. The molecule has 0 amide bonds. The van der Waals surface area contributed by atoms with Crippen LogP contribution in [0.1, 0.15) is 0 Å². The van der Waals surface area contributed by atoms with Gasteiger partial charge < -0.3 is 10.6 Å². The van der Waals surface area contributed by atoms with E-state index in [0.717, 1.165) is 5.69 Å². The quantitative estimate of drug-likeness (QED) is 0.799. The minimum atomic E-state index is -2.50. The van der Waals surface area contributed by atoms with Crippen molar-refractivity contribution < 1.29 is 15.2 Å². The third kappa shape index (κ3) is 5.57. The highest BCUT2D eigenvalue weighted by molar-refractivity contribution is 7.45. The molecule has 0 fully saturated rings. The Kier molecular flexibility index (Phi) is 5.81. The van der Waals surface area contributed by atoms with Crippen LogP contribution in [0.3, 0.4) is 0 Å². The van der Waals surface area contributed by atoms with Crippen LogP contribution in [0.2, 0.25) is 5.02 Å². The Hall–Kier alpha value is -1.25. The van der Waals surface area contributed by atoms with Gasteiger partial charge in [-0.15, -0.1) is 0 Å². The van der Waals surface area contributed by atoms with E-state index in [1.54, 1.807) is 12.1 Å². The third-order valence-corrected chi connectivity index (χ3v) is 2.80. The van der Waals surface area contributed by atoms with Crippen LogP contribution in [0.15, 0.2) is 54.6 Å². The minimum Gasteiger partial charge on any atom is -0.591 e. The zero-order valence-corrected chi connectivity index (χ0v) is 10.7. The van der Waals surface area contributed by atoms with Crippen molar-refractivity contribution in [2.45, 2.75) is 0 Å². The molecule has 1 atom stereocenters. The number of benzene rings is 2. The molecule has 2 aromatic carbocycles. The molecular formula is C12H12ClNO2P+. The largest absolute Gasteiger partial charge is 0.591 e. The molecule has 2 rings (SSSR count). The van der Waals surface area contributed by atoms with Gasteiger partial charge in [0.2, 0.25) is 0 Å². The predicted octanol–water partition coefficient (Wildman–Crippen LogP) is 1.63. The van der Waals surface area contributed by atoms with Crippen molar-refractivity contribution in [2.75, 3.05) is 0 Å². The van der Waals surface area contributed by atoms with E-state index < -0.39 is 8.03 Å². The highest BCUT2D eigenvalue weighted by Gasteiger charge is 2.05. The first-order valence-electron chi connectivity index (χ1n) is 4.86.